The largest absolute Gasteiger partial charge is 0.378 e. The van der Waals surface area contributed by atoms with Crippen molar-refractivity contribution in [2.45, 2.75) is 13.8 Å². The van der Waals surface area contributed by atoms with Crippen molar-refractivity contribution in [3.63, 3.8) is 0 Å². The van der Waals surface area contributed by atoms with Gasteiger partial charge in [0.2, 0.25) is 0 Å². The maximum Gasteiger partial charge on any atom is 0.270 e. The van der Waals surface area contributed by atoms with Crippen molar-refractivity contribution in [1.29, 1.82) is 5.26 Å². The number of amides is 1. The van der Waals surface area contributed by atoms with E-state index in [1.54, 1.807) is 12.1 Å². The van der Waals surface area contributed by atoms with Gasteiger partial charge < -0.3 is 15.0 Å². The molecule has 1 amide bonds. The van der Waals surface area contributed by atoms with Gasteiger partial charge in [-0.3, -0.25) is 14.9 Å². The molecule has 2 aromatic rings. The topological polar surface area (TPSA) is 108 Å². The minimum absolute atomic E-state index is 0.106. The maximum absolute atomic E-state index is 12.7. The van der Waals surface area contributed by atoms with Gasteiger partial charge in [-0.2, -0.15) is 5.26 Å². The van der Waals surface area contributed by atoms with Gasteiger partial charge in [0, 0.05) is 42.2 Å². The van der Waals surface area contributed by atoms with Gasteiger partial charge in [-0.05, 0) is 49.2 Å². The Hall–Kier alpha value is -3.70. The number of nitrogens with zero attached hydrogens (tertiary/aromatic N) is 3. The number of hydrogen-bond acceptors (Lipinski definition) is 6. The predicted molar refractivity (Wildman–Crippen MR) is 114 cm³/mol. The van der Waals surface area contributed by atoms with Gasteiger partial charge in [0.1, 0.15) is 11.6 Å². The monoisotopic (exact) mass is 406 g/mol. The lowest BCUT2D eigenvalue weighted by Gasteiger charge is -2.30. The standard InChI is InChI=1S/C22H22N4O4/c1-15-3-4-19(11-16(15)2)24-22(27)18(14-23)12-17-13-20(26(28)29)5-6-21(17)25-7-9-30-10-8-25/h3-6,11-13H,7-10H2,1-2H3,(H,24,27)/b18-12+. The van der Waals surface area contributed by atoms with Crippen LogP contribution in [0.4, 0.5) is 17.1 Å². The number of nitriles is 1. The second-order valence-electron chi connectivity index (χ2n) is 7.02. The van der Waals surface area contributed by atoms with Crippen LogP contribution in [-0.4, -0.2) is 37.1 Å². The first-order valence-corrected chi connectivity index (χ1v) is 9.50. The molecule has 2 aromatic carbocycles. The van der Waals surface area contributed by atoms with Gasteiger partial charge >= 0.3 is 0 Å². The molecule has 0 saturated carbocycles. The van der Waals surface area contributed by atoms with Crippen LogP contribution in [0, 0.1) is 35.3 Å². The van der Waals surface area contributed by atoms with Gasteiger partial charge in [-0.15, -0.1) is 0 Å². The minimum Gasteiger partial charge on any atom is -0.378 e. The quantitative estimate of drug-likeness (QED) is 0.352. The highest BCUT2D eigenvalue weighted by Crippen LogP contribution is 2.28. The molecule has 0 unspecified atom stereocenters. The van der Waals surface area contributed by atoms with Crippen LogP contribution in [0.25, 0.3) is 6.08 Å². The van der Waals surface area contributed by atoms with Gasteiger partial charge in [-0.1, -0.05) is 6.07 Å². The van der Waals surface area contributed by atoms with Crippen molar-refractivity contribution in [3.05, 3.63) is 68.8 Å². The van der Waals surface area contributed by atoms with E-state index in [9.17, 15) is 20.2 Å². The zero-order chi connectivity index (χ0) is 21.7. The summed E-state index contributed by atoms with van der Waals surface area (Å²) in [7, 11) is 0. The number of benzene rings is 2. The van der Waals surface area contributed by atoms with Crippen LogP contribution in [0.3, 0.4) is 0 Å². The highest BCUT2D eigenvalue weighted by Gasteiger charge is 2.19. The molecule has 1 aliphatic rings. The average Bonchev–Trinajstić information content (AvgIpc) is 2.75. The van der Waals surface area contributed by atoms with E-state index in [-0.39, 0.29) is 11.3 Å². The highest BCUT2D eigenvalue weighted by atomic mass is 16.6. The average molecular weight is 406 g/mol. The number of hydrogen-bond donors (Lipinski definition) is 1. The number of nitrogens with one attached hydrogen (secondary N) is 1. The van der Waals surface area contributed by atoms with E-state index in [4.69, 9.17) is 4.74 Å². The molecule has 1 N–H and O–H groups in total. The summed E-state index contributed by atoms with van der Waals surface area (Å²) in [4.78, 5) is 25.4. The zero-order valence-corrected chi connectivity index (χ0v) is 16.8. The molecule has 1 saturated heterocycles. The molecule has 1 fully saturated rings. The molecule has 0 spiro atoms. The van der Waals surface area contributed by atoms with Gasteiger partial charge in [-0.25, -0.2) is 0 Å². The van der Waals surface area contributed by atoms with Gasteiger partial charge in [0.05, 0.1) is 18.1 Å². The minimum atomic E-state index is -0.569. The summed E-state index contributed by atoms with van der Waals surface area (Å²) in [6.07, 6.45) is 1.40. The van der Waals surface area contributed by atoms with Crippen LogP contribution in [0.2, 0.25) is 0 Å². The molecular formula is C22H22N4O4. The number of nitro benzene ring substituents is 1. The van der Waals surface area contributed by atoms with E-state index in [1.165, 1.54) is 18.2 Å². The number of ether oxygens (including phenoxy) is 1. The molecule has 8 heteroatoms. The first-order chi connectivity index (χ1) is 14.4. The molecule has 0 radical (unpaired) electrons. The van der Waals surface area contributed by atoms with Crippen molar-refractivity contribution in [2.24, 2.45) is 0 Å². The third-order valence-electron chi connectivity index (χ3n) is 5.00. The van der Waals surface area contributed by atoms with Crippen LogP contribution in [0.5, 0.6) is 0 Å². The maximum atomic E-state index is 12.7. The second-order valence-corrected chi connectivity index (χ2v) is 7.02. The smallest absolute Gasteiger partial charge is 0.270 e. The third kappa shape index (κ3) is 4.82. The highest BCUT2D eigenvalue weighted by molar-refractivity contribution is 6.10. The molecule has 0 bridgehead atoms. The van der Waals surface area contributed by atoms with Gasteiger partial charge in [0.25, 0.3) is 11.6 Å². The third-order valence-corrected chi connectivity index (χ3v) is 5.00. The fourth-order valence-corrected chi connectivity index (χ4v) is 3.19. The van der Waals surface area contributed by atoms with Crippen LogP contribution in [0.1, 0.15) is 16.7 Å². The molecule has 0 aromatic heterocycles. The van der Waals surface area contributed by atoms with Crippen molar-refractivity contribution < 1.29 is 14.5 Å². The number of rotatable bonds is 5. The fourth-order valence-electron chi connectivity index (χ4n) is 3.19. The van der Waals surface area contributed by atoms with Crippen molar-refractivity contribution in [2.75, 3.05) is 36.5 Å². The molecule has 30 heavy (non-hydrogen) atoms. The summed E-state index contributed by atoms with van der Waals surface area (Å²) >= 11 is 0. The first-order valence-electron chi connectivity index (χ1n) is 9.50. The van der Waals surface area contributed by atoms with Crippen LogP contribution < -0.4 is 10.2 Å². The Kier molecular flexibility index (Phi) is 6.45. The SMILES string of the molecule is Cc1ccc(NC(=O)/C(C#N)=C/c2cc([N+](=O)[O-])ccc2N2CCOCC2)cc1C. The van der Waals surface area contributed by atoms with Crippen molar-refractivity contribution in [1.82, 2.24) is 0 Å². The normalized spacial score (nSPS) is 14.2. The Bertz CT molecular complexity index is 1050. The lowest BCUT2D eigenvalue weighted by Crippen LogP contribution is -2.36. The Morgan fingerprint density at radius 1 is 1.20 bits per heavy atom. The molecule has 1 aliphatic heterocycles. The van der Waals surface area contributed by atoms with E-state index in [1.807, 2.05) is 36.9 Å². The number of morpholine rings is 1. The van der Waals surface area contributed by atoms with E-state index >= 15 is 0 Å². The molecule has 1 heterocycles. The van der Waals surface area contributed by atoms with E-state index in [0.29, 0.717) is 37.6 Å². The van der Waals surface area contributed by atoms with Crippen LogP contribution in [0.15, 0.2) is 42.0 Å². The van der Waals surface area contributed by atoms with Crippen LogP contribution in [-0.2, 0) is 9.53 Å². The van der Waals surface area contributed by atoms with Gasteiger partial charge in [0.15, 0.2) is 0 Å². The number of aryl methyl sites for hydroxylation is 2. The Labute approximate surface area is 174 Å². The van der Waals surface area contributed by atoms with E-state index < -0.39 is 10.8 Å². The van der Waals surface area contributed by atoms with Crippen molar-refractivity contribution in [3.8, 4) is 6.07 Å². The molecule has 3 rings (SSSR count). The molecular weight excluding hydrogens is 384 g/mol. The lowest BCUT2D eigenvalue weighted by atomic mass is 10.1. The zero-order valence-electron chi connectivity index (χ0n) is 16.8. The summed E-state index contributed by atoms with van der Waals surface area (Å²) in [6, 6.07) is 11.8. The number of non-ortho nitro benzene ring substituents is 1. The Morgan fingerprint density at radius 3 is 2.57 bits per heavy atom. The van der Waals surface area contributed by atoms with E-state index in [0.717, 1.165) is 16.8 Å². The fraction of sp³-hybridized carbons (Fsp3) is 0.273. The van der Waals surface area contributed by atoms with Crippen molar-refractivity contribution >= 4 is 29.0 Å². The lowest BCUT2D eigenvalue weighted by molar-refractivity contribution is -0.384. The Balaban J connectivity index is 1.95. The molecule has 154 valence electrons. The molecule has 0 atom stereocenters. The summed E-state index contributed by atoms with van der Waals surface area (Å²) in [6.45, 7) is 6.22. The number of carbonyl (C=O) groups is 1. The number of nitro groups is 1. The molecule has 0 aliphatic carbocycles. The summed E-state index contributed by atoms with van der Waals surface area (Å²) < 4.78 is 5.37. The number of anilines is 2. The summed E-state index contributed by atoms with van der Waals surface area (Å²) in [5.74, 6) is -0.569. The summed E-state index contributed by atoms with van der Waals surface area (Å²) in [5.41, 5.74) is 3.61. The first kappa shape index (κ1) is 21.0. The summed E-state index contributed by atoms with van der Waals surface area (Å²) in [5, 5.41) is 23.5. The Morgan fingerprint density at radius 2 is 1.93 bits per heavy atom. The molecule has 8 nitrogen and oxygen atoms in total. The second kappa shape index (κ2) is 9.20. The van der Waals surface area contributed by atoms with Crippen LogP contribution >= 0.6 is 0 Å². The van der Waals surface area contributed by atoms with E-state index in [2.05, 4.69) is 5.32 Å². The predicted octanol–water partition coefficient (Wildman–Crippen LogP) is 3.59. The number of carbonyl (C=O) groups excluding carboxylic acids is 1.